The zero-order valence-electron chi connectivity index (χ0n) is 11.8. The number of nitrogen functional groups attached to an aromatic ring is 1. The summed E-state index contributed by atoms with van der Waals surface area (Å²) in [5.74, 6) is 1.09. The third-order valence-electron chi connectivity index (χ3n) is 3.29. The number of phenolic OH excluding ortho intramolecular Hbond substituents is 1. The Kier molecular flexibility index (Phi) is 4.57. The summed E-state index contributed by atoms with van der Waals surface area (Å²) in [4.78, 5) is 6.63. The lowest BCUT2D eigenvalue weighted by Crippen LogP contribution is -2.25. The molecule has 0 saturated carbocycles. The fraction of sp³-hybridized carbons (Fsp3) is 0.429. The van der Waals surface area contributed by atoms with Crippen molar-refractivity contribution in [2.45, 2.75) is 20.3 Å². The van der Waals surface area contributed by atoms with E-state index in [4.69, 9.17) is 10.3 Å². The van der Waals surface area contributed by atoms with Crippen LogP contribution in [0.2, 0.25) is 0 Å². The van der Waals surface area contributed by atoms with E-state index in [0.29, 0.717) is 23.0 Å². The maximum Gasteiger partial charge on any atom is 0.258 e. The van der Waals surface area contributed by atoms with Crippen LogP contribution in [-0.2, 0) is 6.42 Å². The highest BCUT2D eigenvalue weighted by molar-refractivity contribution is 5.63. The molecule has 1 aromatic heterocycles. The molecule has 3 N–H and O–H groups in total. The van der Waals surface area contributed by atoms with Crippen molar-refractivity contribution >= 4 is 5.69 Å². The first kappa shape index (κ1) is 14.3. The van der Waals surface area contributed by atoms with Crippen molar-refractivity contribution in [3.05, 3.63) is 24.0 Å². The number of benzene rings is 1. The van der Waals surface area contributed by atoms with Gasteiger partial charge in [-0.15, -0.1) is 0 Å². The maximum atomic E-state index is 9.59. The molecule has 20 heavy (non-hydrogen) atoms. The molecule has 2 rings (SSSR count). The number of anilines is 1. The lowest BCUT2D eigenvalue weighted by Gasteiger charge is -2.16. The summed E-state index contributed by atoms with van der Waals surface area (Å²) in [7, 11) is 0. The van der Waals surface area contributed by atoms with Crippen molar-refractivity contribution in [1.29, 1.82) is 0 Å². The summed E-state index contributed by atoms with van der Waals surface area (Å²) >= 11 is 0. The zero-order valence-corrected chi connectivity index (χ0v) is 11.8. The van der Waals surface area contributed by atoms with Crippen LogP contribution in [0.4, 0.5) is 5.69 Å². The SMILES string of the molecule is CCN(CC)CCc1noc(-c2ccc(N)c(O)c2)n1. The zero-order chi connectivity index (χ0) is 14.5. The quantitative estimate of drug-likeness (QED) is 0.619. The van der Waals surface area contributed by atoms with E-state index in [1.54, 1.807) is 12.1 Å². The van der Waals surface area contributed by atoms with Crippen LogP contribution in [0.25, 0.3) is 11.5 Å². The van der Waals surface area contributed by atoms with Crippen molar-refractivity contribution in [1.82, 2.24) is 15.0 Å². The van der Waals surface area contributed by atoms with Gasteiger partial charge in [-0.2, -0.15) is 4.98 Å². The molecule has 0 radical (unpaired) electrons. The predicted molar refractivity (Wildman–Crippen MR) is 77.3 cm³/mol. The van der Waals surface area contributed by atoms with Crippen LogP contribution in [0, 0.1) is 0 Å². The first-order valence-corrected chi connectivity index (χ1v) is 6.77. The van der Waals surface area contributed by atoms with Crippen molar-refractivity contribution in [3.8, 4) is 17.2 Å². The predicted octanol–water partition coefficient (Wildman–Crippen LogP) is 1.91. The smallest absolute Gasteiger partial charge is 0.258 e. The Balaban J connectivity index is 2.06. The summed E-state index contributed by atoms with van der Waals surface area (Å²) in [6, 6.07) is 4.89. The fourth-order valence-electron chi connectivity index (χ4n) is 1.95. The van der Waals surface area contributed by atoms with Gasteiger partial charge in [-0.3, -0.25) is 0 Å². The highest BCUT2D eigenvalue weighted by Gasteiger charge is 2.11. The van der Waals surface area contributed by atoms with Crippen molar-refractivity contribution in [2.75, 3.05) is 25.4 Å². The van der Waals surface area contributed by atoms with Gasteiger partial charge in [0.15, 0.2) is 5.82 Å². The van der Waals surface area contributed by atoms with Gasteiger partial charge in [0.05, 0.1) is 5.69 Å². The standard InChI is InChI=1S/C14H20N4O2/c1-3-18(4-2)8-7-13-16-14(20-17-13)10-5-6-11(15)12(19)9-10/h5-6,9,19H,3-4,7-8,15H2,1-2H3. The average Bonchev–Trinajstić information content (AvgIpc) is 2.92. The van der Waals surface area contributed by atoms with Crippen LogP contribution in [-0.4, -0.2) is 39.8 Å². The van der Waals surface area contributed by atoms with Crippen molar-refractivity contribution in [2.24, 2.45) is 0 Å². The van der Waals surface area contributed by atoms with Crippen LogP contribution in [0.5, 0.6) is 5.75 Å². The topological polar surface area (TPSA) is 88.4 Å². The van der Waals surface area contributed by atoms with Crippen LogP contribution >= 0.6 is 0 Å². The summed E-state index contributed by atoms with van der Waals surface area (Å²) in [6.07, 6.45) is 0.742. The minimum absolute atomic E-state index is 0.0189. The van der Waals surface area contributed by atoms with Crippen LogP contribution in [0.3, 0.4) is 0 Å². The van der Waals surface area contributed by atoms with Gasteiger partial charge in [-0.25, -0.2) is 0 Å². The van der Waals surface area contributed by atoms with Gasteiger partial charge < -0.3 is 20.3 Å². The number of likely N-dealkylation sites (N-methyl/N-ethyl adjacent to an activating group) is 1. The highest BCUT2D eigenvalue weighted by Crippen LogP contribution is 2.26. The fourth-order valence-corrected chi connectivity index (χ4v) is 1.95. The van der Waals surface area contributed by atoms with Gasteiger partial charge in [-0.05, 0) is 31.3 Å². The first-order valence-electron chi connectivity index (χ1n) is 6.77. The minimum atomic E-state index is 0.0189. The van der Waals surface area contributed by atoms with Gasteiger partial charge >= 0.3 is 0 Å². The number of aromatic hydroxyl groups is 1. The van der Waals surface area contributed by atoms with E-state index in [1.807, 2.05) is 0 Å². The van der Waals surface area contributed by atoms with E-state index >= 15 is 0 Å². The number of hydrogen-bond donors (Lipinski definition) is 2. The molecule has 1 aromatic carbocycles. The number of rotatable bonds is 6. The second-order valence-corrected chi connectivity index (χ2v) is 4.57. The second kappa shape index (κ2) is 6.38. The maximum absolute atomic E-state index is 9.59. The summed E-state index contributed by atoms with van der Waals surface area (Å²) < 4.78 is 5.21. The summed E-state index contributed by atoms with van der Waals surface area (Å²) in [6.45, 7) is 7.17. The number of hydrogen-bond acceptors (Lipinski definition) is 6. The molecule has 0 bridgehead atoms. The van der Waals surface area contributed by atoms with E-state index in [9.17, 15) is 5.11 Å². The van der Waals surface area contributed by atoms with Gasteiger partial charge in [-0.1, -0.05) is 19.0 Å². The van der Waals surface area contributed by atoms with E-state index in [1.165, 1.54) is 6.07 Å². The van der Waals surface area contributed by atoms with Gasteiger partial charge in [0, 0.05) is 18.5 Å². The molecule has 6 heteroatoms. The molecule has 6 nitrogen and oxygen atoms in total. The molecule has 108 valence electrons. The molecule has 2 aromatic rings. The molecule has 0 atom stereocenters. The lowest BCUT2D eigenvalue weighted by atomic mass is 10.2. The van der Waals surface area contributed by atoms with E-state index in [2.05, 4.69) is 28.9 Å². The Hall–Kier alpha value is -2.08. The molecular weight excluding hydrogens is 256 g/mol. The molecule has 1 heterocycles. The van der Waals surface area contributed by atoms with Crippen molar-refractivity contribution in [3.63, 3.8) is 0 Å². The molecule has 0 aliphatic heterocycles. The molecule has 0 amide bonds. The molecule has 0 unspecified atom stereocenters. The molecule has 0 aliphatic carbocycles. The van der Waals surface area contributed by atoms with E-state index in [0.717, 1.165) is 26.1 Å². The molecule has 0 aliphatic rings. The third-order valence-corrected chi connectivity index (χ3v) is 3.29. The van der Waals surface area contributed by atoms with Crippen LogP contribution in [0.15, 0.2) is 22.7 Å². The Morgan fingerprint density at radius 1 is 1.30 bits per heavy atom. The molecule has 0 spiro atoms. The Labute approximate surface area is 118 Å². The monoisotopic (exact) mass is 276 g/mol. The summed E-state index contributed by atoms with van der Waals surface area (Å²) in [5, 5.41) is 13.5. The Morgan fingerprint density at radius 3 is 2.70 bits per heavy atom. The van der Waals surface area contributed by atoms with Gasteiger partial charge in [0.1, 0.15) is 5.75 Å². The second-order valence-electron chi connectivity index (χ2n) is 4.57. The minimum Gasteiger partial charge on any atom is -0.506 e. The molecule has 0 fully saturated rings. The normalized spacial score (nSPS) is 11.2. The van der Waals surface area contributed by atoms with Gasteiger partial charge in [0.25, 0.3) is 5.89 Å². The van der Waals surface area contributed by atoms with Crippen LogP contribution in [0.1, 0.15) is 19.7 Å². The largest absolute Gasteiger partial charge is 0.506 e. The lowest BCUT2D eigenvalue weighted by molar-refractivity contribution is 0.303. The third kappa shape index (κ3) is 3.27. The van der Waals surface area contributed by atoms with Crippen LogP contribution < -0.4 is 5.73 Å². The highest BCUT2D eigenvalue weighted by atomic mass is 16.5. The summed E-state index contributed by atoms with van der Waals surface area (Å²) in [5.41, 5.74) is 6.56. The number of aromatic nitrogens is 2. The average molecular weight is 276 g/mol. The number of nitrogens with zero attached hydrogens (tertiary/aromatic N) is 3. The molecular formula is C14H20N4O2. The Bertz CT molecular complexity index is 564. The molecule has 0 saturated heterocycles. The number of phenols is 1. The van der Waals surface area contributed by atoms with Gasteiger partial charge in [0.2, 0.25) is 0 Å². The van der Waals surface area contributed by atoms with Crippen molar-refractivity contribution < 1.29 is 9.63 Å². The van der Waals surface area contributed by atoms with E-state index in [-0.39, 0.29) is 5.75 Å². The number of nitrogens with two attached hydrogens (primary N) is 1. The Morgan fingerprint density at radius 2 is 2.05 bits per heavy atom. The van der Waals surface area contributed by atoms with E-state index < -0.39 is 0 Å². The first-order chi connectivity index (χ1) is 9.63.